The van der Waals surface area contributed by atoms with Crippen molar-refractivity contribution in [3.05, 3.63) is 68.8 Å². The SMILES string of the molecule is COc1cc2ncn(CCCC(=O)N(C)[C@H](C)c3cccc([N+](=O)[O-])c3)c(=O)c2cc1OC. The standard InChI is InChI=1S/C23H26N4O6/c1-15(16-7-5-8-17(11-16)27(30)31)25(2)22(28)9-6-10-26-14-24-19-13-21(33-4)20(32-3)12-18(19)23(26)29/h5,7-8,11-15H,6,9-10H2,1-4H3/t15-/m1/s1. The maximum atomic E-state index is 12.9. The first-order chi connectivity index (χ1) is 15.8. The molecular weight excluding hydrogens is 428 g/mol. The van der Waals surface area contributed by atoms with Crippen molar-refractivity contribution in [1.29, 1.82) is 0 Å². The summed E-state index contributed by atoms with van der Waals surface area (Å²) in [7, 11) is 4.67. The molecule has 174 valence electrons. The van der Waals surface area contributed by atoms with E-state index in [1.54, 1.807) is 36.2 Å². The fourth-order valence-electron chi connectivity index (χ4n) is 3.56. The summed E-state index contributed by atoms with van der Waals surface area (Å²) in [6.45, 7) is 2.14. The van der Waals surface area contributed by atoms with Crippen LogP contribution >= 0.6 is 0 Å². The van der Waals surface area contributed by atoms with Gasteiger partial charge in [-0.25, -0.2) is 4.98 Å². The molecule has 0 fully saturated rings. The van der Waals surface area contributed by atoms with Crippen molar-refractivity contribution in [2.45, 2.75) is 32.4 Å². The Bertz CT molecular complexity index is 1240. The topological polar surface area (TPSA) is 117 Å². The summed E-state index contributed by atoms with van der Waals surface area (Å²) in [4.78, 5) is 42.0. The molecule has 3 aromatic rings. The van der Waals surface area contributed by atoms with Gasteiger partial charge in [0.15, 0.2) is 11.5 Å². The zero-order chi connectivity index (χ0) is 24.1. The average molecular weight is 454 g/mol. The minimum Gasteiger partial charge on any atom is -0.493 e. The van der Waals surface area contributed by atoms with E-state index >= 15 is 0 Å². The fraction of sp³-hybridized carbons (Fsp3) is 0.348. The van der Waals surface area contributed by atoms with Crippen LogP contribution in [0.25, 0.3) is 10.9 Å². The smallest absolute Gasteiger partial charge is 0.269 e. The third-order valence-electron chi connectivity index (χ3n) is 5.66. The number of aromatic nitrogens is 2. The van der Waals surface area contributed by atoms with Crippen LogP contribution in [-0.4, -0.2) is 46.5 Å². The van der Waals surface area contributed by atoms with Crippen LogP contribution in [-0.2, 0) is 11.3 Å². The van der Waals surface area contributed by atoms with Gasteiger partial charge in [-0.05, 0) is 25.0 Å². The van der Waals surface area contributed by atoms with E-state index in [4.69, 9.17) is 9.47 Å². The van der Waals surface area contributed by atoms with Crippen molar-refractivity contribution in [1.82, 2.24) is 14.5 Å². The van der Waals surface area contributed by atoms with E-state index in [0.717, 1.165) is 0 Å². The number of amides is 1. The lowest BCUT2D eigenvalue weighted by atomic mass is 10.1. The molecule has 0 radical (unpaired) electrons. The van der Waals surface area contributed by atoms with E-state index in [2.05, 4.69) is 4.98 Å². The Hall–Kier alpha value is -3.95. The van der Waals surface area contributed by atoms with Crippen molar-refractivity contribution in [3.63, 3.8) is 0 Å². The van der Waals surface area contributed by atoms with Crippen LogP contribution in [0, 0.1) is 10.1 Å². The Balaban J connectivity index is 1.67. The molecule has 0 saturated heterocycles. The van der Waals surface area contributed by atoms with Gasteiger partial charge >= 0.3 is 0 Å². The van der Waals surface area contributed by atoms with E-state index in [1.807, 2.05) is 6.92 Å². The molecule has 10 nitrogen and oxygen atoms in total. The molecule has 1 aromatic heterocycles. The van der Waals surface area contributed by atoms with E-state index in [9.17, 15) is 19.7 Å². The zero-order valence-electron chi connectivity index (χ0n) is 19.0. The molecule has 0 unspecified atom stereocenters. The second-order valence-corrected chi connectivity index (χ2v) is 7.60. The number of methoxy groups -OCH3 is 2. The summed E-state index contributed by atoms with van der Waals surface area (Å²) in [6, 6.07) is 9.16. The summed E-state index contributed by atoms with van der Waals surface area (Å²) in [5, 5.41) is 11.4. The number of fused-ring (bicyclic) bond motifs is 1. The van der Waals surface area contributed by atoms with Gasteiger partial charge in [-0.3, -0.25) is 24.3 Å². The summed E-state index contributed by atoms with van der Waals surface area (Å²) in [6.07, 6.45) is 2.11. The summed E-state index contributed by atoms with van der Waals surface area (Å²) in [5.74, 6) is 0.803. The molecule has 1 atom stereocenters. The molecule has 0 aliphatic heterocycles. The minimum atomic E-state index is -0.459. The average Bonchev–Trinajstić information content (AvgIpc) is 2.83. The van der Waals surface area contributed by atoms with Gasteiger partial charge in [0.1, 0.15) is 0 Å². The number of ether oxygens (including phenoxy) is 2. The predicted molar refractivity (Wildman–Crippen MR) is 123 cm³/mol. The number of hydrogen-bond donors (Lipinski definition) is 0. The summed E-state index contributed by atoms with van der Waals surface area (Å²) < 4.78 is 12.0. The van der Waals surface area contributed by atoms with Crippen LogP contribution < -0.4 is 15.0 Å². The van der Waals surface area contributed by atoms with E-state index < -0.39 is 4.92 Å². The Morgan fingerprint density at radius 3 is 2.58 bits per heavy atom. The van der Waals surface area contributed by atoms with Gasteiger partial charge < -0.3 is 14.4 Å². The number of rotatable bonds is 9. The largest absolute Gasteiger partial charge is 0.493 e. The van der Waals surface area contributed by atoms with Crippen LogP contribution in [0.4, 0.5) is 5.69 Å². The Morgan fingerprint density at radius 1 is 1.21 bits per heavy atom. The molecule has 0 aliphatic rings. The quantitative estimate of drug-likeness (QED) is 0.360. The fourth-order valence-corrected chi connectivity index (χ4v) is 3.56. The first-order valence-corrected chi connectivity index (χ1v) is 10.4. The lowest BCUT2D eigenvalue weighted by molar-refractivity contribution is -0.384. The Labute approximate surface area is 190 Å². The monoisotopic (exact) mass is 454 g/mol. The van der Waals surface area contributed by atoms with Crippen LogP contribution in [0.1, 0.15) is 31.4 Å². The number of carbonyl (C=O) groups excluding carboxylic acids is 1. The van der Waals surface area contributed by atoms with Gasteiger partial charge in [0, 0.05) is 38.2 Å². The van der Waals surface area contributed by atoms with E-state index in [1.165, 1.54) is 37.2 Å². The van der Waals surface area contributed by atoms with Crippen LogP contribution in [0.3, 0.4) is 0 Å². The van der Waals surface area contributed by atoms with Gasteiger partial charge in [-0.15, -0.1) is 0 Å². The molecule has 0 saturated carbocycles. The first-order valence-electron chi connectivity index (χ1n) is 10.4. The third kappa shape index (κ3) is 5.11. The third-order valence-corrected chi connectivity index (χ3v) is 5.66. The molecule has 3 rings (SSSR count). The molecule has 0 spiro atoms. The number of non-ortho nitro benzene ring substituents is 1. The highest BCUT2D eigenvalue weighted by Gasteiger charge is 2.19. The second-order valence-electron chi connectivity index (χ2n) is 7.60. The second kappa shape index (κ2) is 10.1. The van der Waals surface area contributed by atoms with Crippen molar-refractivity contribution in [2.75, 3.05) is 21.3 Å². The van der Waals surface area contributed by atoms with Gasteiger partial charge in [0.05, 0.1) is 42.4 Å². The van der Waals surface area contributed by atoms with Gasteiger partial charge in [0.2, 0.25) is 5.91 Å². The molecular formula is C23H26N4O6. The Kier molecular flexibility index (Phi) is 7.27. The minimum absolute atomic E-state index is 0.0161. The molecule has 1 amide bonds. The lowest BCUT2D eigenvalue weighted by Crippen LogP contribution is -2.30. The predicted octanol–water partition coefficient (Wildman–Crippen LogP) is 3.32. The molecule has 0 bridgehead atoms. The molecule has 0 N–H and O–H groups in total. The number of hydrogen-bond acceptors (Lipinski definition) is 7. The molecule has 2 aromatic carbocycles. The Morgan fingerprint density at radius 2 is 1.91 bits per heavy atom. The summed E-state index contributed by atoms with van der Waals surface area (Å²) >= 11 is 0. The van der Waals surface area contributed by atoms with E-state index in [0.29, 0.717) is 40.9 Å². The van der Waals surface area contributed by atoms with Crippen molar-refractivity contribution < 1.29 is 19.2 Å². The first kappa shape index (κ1) is 23.7. The molecule has 33 heavy (non-hydrogen) atoms. The van der Waals surface area contributed by atoms with Crippen LogP contribution in [0.15, 0.2) is 47.5 Å². The van der Waals surface area contributed by atoms with Crippen molar-refractivity contribution >= 4 is 22.5 Å². The van der Waals surface area contributed by atoms with Gasteiger partial charge in [-0.2, -0.15) is 0 Å². The zero-order valence-corrected chi connectivity index (χ0v) is 19.0. The van der Waals surface area contributed by atoms with Gasteiger partial charge in [0.25, 0.3) is 11.2 Å². The maximum Gasteiger partial charge on any atom is 0.269 e. The van der Waals surface area contributed by atoms with Crippen LogP contribution in [0.2, 0.25) is 0 Å². The molecule has 10 heteroatoms. The number of carbonyl (C=O) groups is 1. The number of aryl methyl sites for hydroxylation is 1. The maximum absolute atomic E-state index is 12.9. The summed E-state index contributed by atoms with van der Waals surface area (Å²) in [5.41, 5.74) is 0.930. The van der Waals surface area contributed by atoms with E-state index in [-0.39, 0.29) is 29.6 Å². The van der Waals surface area contributed by atoms with Crippen LogP contribution in [0.5, 0.6) is 11.5 Å². The lowest BCUT2D eigenvalue weighted by Gasteiger charge is -2.25. The number of benzene rings is 2. The highest BCUT2D eigenvalue weighted by atomic mass is 16.6. The number of nitro groups is 1. The molecule has 0 aliphatic carbocycles. The highest BCUT2D eigenvalue weighted by Crippen LogP contribution is 2.30. The normalized spacial score (nSPS) is 11.8. The van der Waals surface area contributed by atoms with Crippen molar-refractivity contribution in [2.24, 2.45) is 0 Å². The van der Waals surface area contributed by atoms with Gasteiger partial charge in [-0.1, -0.05) is 12.1 Å². The number of nitro benzene ring substituents is 1. The number of nitrogens with zero attached hydrogens (tertiary/aromatic N) is 4. The molecule has 1 heterocycles. The van der Waals surface area contributed by atoms with Crippen molar-refractivity contribution in [3.8, 4) is 11.5 Å². The highest BCUT2D eigenvalue weighted by molar-refractivity contribution is 5.81.